The van der Waals surface area contributed by atoms with Crippen LogP contribution in [0.5, 0.6) is 0 Å². The topological polar surface area (TPSA) is 80.9 Å². The van der Waals surface area contributed by atoms with Crippen LogP contribution in [-0.2, 0) is 11.2 Å². The third-order valence-corrected chi connectivity index (χ3v) is 4.47. The summed E-state index contributed by atoms with van der Waals surface area (Å²) in [4.78, 5) is 24.5. The van der Waals surface area contributed by atoms with Gasteiger partial charge in [0.2, 0.25) is 5.76 Å². The standard InChI is InChI=1S/C20H21ClN2O4/c1-11(2)26-20(25)18-12(3)17-15(8-5-9-16(17)27-18)22-23-19(24)13-6-4-7-14(21)10-13/h4,6-7,10-11H,5,8-9H2,1-3H3,(H,23,24)/b22-15+. The Kier molecular flexibility index (Phi) is 5.65. The van der Waals surface area contributed by atoms with E-state index in [9.17, 15) is 9.59 Å². The maximum atomic E-state index is 12.3. The molecule has 1 amide bonds. The van der Waals surface area contributed by atoms with Crippen LogP contribution in [0.25, 0.3) is 0 Å². The van der Waals surface area contributed by atoms with Crippen molar-refractivity contribution in [3.63, 3.8) is 0 Å². The zero-order valence-electron chi connectivity index (χ0n) is 15.5. The normalized spacial score (nSPS) is 14.9. The zero-order valence-corrected chi connectivity index (χ0v) is 16.2. The van der Waals surface area contributed by atoms with Crippen LogP contribution >= 0.6 is 11.6 Å². The predicted molar refractivity (Wildman–Crippen MR) is 102 cm³/mol. The van der Waals surface area contributed by atoms with Crippen LogP contribution in [0.1, 0.15) is 64.5 Å². The molecule has 1 aromatic heterocycles. The number of furan rings is 1. The first kappa shape index (κ1) is 19.2. The number of hydrogen-bond donors (Lipinski definition) is 1. The zero-order chi connectivity index (χ0) is 19.6. The Balaban J connectivity index is 1.85. The summed E-state index contributed by atoms with van der Waals surface area (Å²) in [7, 11) is 0. The lowest BCUT2D eigenvalue weighted by atomic mass is 9.93. The average Bonchev–Trinajstić information content (AvgIpc) is 2.97. The summed E-state index contributed by atoms with van der Waals surface area (Å²) in [6, 6.07) is 6.64. The summed E-state index contributed by atoms with van der Waals surface area (Å²) in [5.74, 6) is 0.0617. The number of ether oxygens (including phenoxy) is 1. The third kappa shape index (κ3) is 4.22. The van der Waals surface area contributed by atoms with Crippen LogP contribution in [0.15, 0.2) is 33.8 Å². The van der Waals surface area contributed by atoms with Crippen molar-refractivity contribution in [3.8, 4) is 0 Å². The Morgan fingerprint density at radius 1 is 1.30 bits per heavy atom. The van der Waals surface area contributed by atoms with Gasteiger partial charge in [0.05, 0.1) is 11.8 Å². The quantitative estimate of drug-likeness (QED) is 0.626. The van der Waals surface area contributed by atoms with Gasteiger partial charge in [-0.3, -0.25) is 4.79 Å². The minimum Gasteiger partial charge on any atom is -0.457 e. The molecule has 1 heterocycles. The molecule has 0 saturated carbocycles. The molecule has 0 fully saturated rings. The third-order valence-electron chi connectivity index (χ3n) is 4.23. The second kappa shape index (κ2) is 7.96. The van der Waals surface area contributed by atoms with Crippen LogP contribution in [-0.4, -0.2) is 23.7 Å². The van der Waals surface area contributed by atoms with E-state index in [0.29, 0.717) is 40.5 Å². The number of fused-ring (bicyclic) bond motifs is 1. The maximum Gasteiger partial charge on any atom is 0.374 e. The molecular formula is C20H21ClN2O4. The SMILES string of the molecule is Cc1c(C(=O)OC(C)C)oc2c1/C(=N/NC(=O)c1cccc(Cl)c1)CCC2. The highest BCUT2D eigenvalue weighted by molar-refractivity contribution is 6.31. The van der Waals surface area contributed by atoms with Gasteiger partial charge in [-0.05, 0) is 51.8 Å². The van der Waals surface area contributed by atoms with Crippen LogP contribution in [0.3, 0.4) is 0 Å². The van der Waals surface area contributed by atoms with E-state index in [1.165, 1.54) is 0 Å². The molecular weight excluding hydrogens is 368 g/mol. The summed E-state index contributed by atoms with van der Waals surface area (Å²) in [5.41, 5.74) is 5.15. The number of carbonyl (C=O) groups is 2. The molecule has 142 valence electrons. The van der Waals surface area contributed by atoms with E-state index in [2.05, 4.69) is 10.5 Å². The minimum absolute atomic E-state index is 0.199. The monoisotopic (exact) mass is 388 g/mol. The van der Waals surface area contributed by atoms with E-state index in [4.69, 9.17) is 20.8 Å². The summed E-state index contributed by atoms with van der Waals surface area (Å²) >= 11 is 5.92. The van der Waals surface area contributed by atoms with Crippen molar-refractivity contribution in [1.82, 2.24) is 5.43 Å². The summed E-state index contributed by atoms with van der Waals surface area (Å²) < 4.78 is 11.0. The fourth-order valence-corrected chi connectivity index (χ4v) is 3.25. The molecule has 6 nitrogen and oxygen atoms in total. The van der Waals surface area contributed by atoms with Crippen molar-refractivity contribution >= 4 is 29.2 Å². The molecule has 1 N–H and O–H groups in total. The molecule has 7 heteroatoms. The smallest absolute Gasteiger partial charge is 0.374 e. The summed E-state index contributed by atoms with van der Waals surface area (Å²) in [5, 5.41) is 4.77. The Labute approximate surface area is 162 Å². The number of nitrogens with one attached hydrogen (secondary N) is 1. The van der Waals surface area contributed by atoms with Gasteiger partial charge >= 0.3 is 5.97 Å². The maximum absolute atomic E-state index is 12.3. The van der Waals surface area contributed by atoms with Gasteiger partial charge in [0.1, 0.15) is 5.76 Å². The van der Waals surface area contributed by atoms with E-state index in [-0.39, 0.29) is 17.8 Å². The first-order valence-corrected chi connectivity index (χ1v) is 9.20. The van der Waals surface area contributed by atoms with Crippen molar-refractivity contribution in [2.45, 2.75) is 46.1 Å². The molecule has 1 aliphatic carbocycles. The van der Waals surface area contributed by atoms with Gasteiger partial charge in [-0.15, -0.1) is 0 Å². The van der Waals surface area contributed by atoms with Crippen LogP contribution in [0.2, 0.25) is 5.02 Å². The highest BCUT2D eigenvalue weighted by atomic mass is 35.5. The van der Waals surface area contributed by atoms with Gasteiger partial charge < -0.3 is 9.15 Å². The summed E-state index contributed by atoms with van der Waals surface area (Å²) in [6.45, 7) is 5.38. The first-order valence-electron chi connectivity index (χ1n) is 8.83. The highest BCUT2D eigenvalue weighted by Gasteiger charge is 2.29. The number of hydrazone groups is 1. The predicted octanol–water partition coefficient (Wildman–Crippen LogP) is 4.28. The molecule has 1 aromatic carbocycles. The van der Waals surface area contributed by atoms with Gasteiger partial charge in [-0.2, -0.15) is 5.10 Å². The molecule has 3 rings (SSSR count). The van der Waals surface area contributed by atoms with Gasteiger partial charge in [-0.25, -0.2) is 10.2 Å². The Bertz CT molecular complexity index is 915. The van der Waals surface area contributed by atoms with Crippen LogP contribution < -0.4 is 5.43 Å². The molecule has 2 aromatic rings. The van der Waals surface area contributed by atoms with Crippen molar-refractivity contribution in [3.05, 3.63) is 57.5 Å². The van der Waals surface area contributed by atoms with Crippen molar-refractivity contribution in [2.24, 2.45) is 5.10 Å². The summed E-state index contributed by atoms with van der Waals surface area (Å²) in [6.07, 6.45) is 1.99. The van der Waals surface area contributed by atoms with Gasteiger partial charge in [0.15, 0.2) is 0 Å². The second-order valence-corrected chi connectivity index (χ2v) is 7.11. The van der Waals surface area contributed by atoms with Crippen molar-refractivity contribution in [2.75, 3.05) is 0 Å². The van der Waals surface area contributed by atoms with Crippen molar-refractivity contribution in [1.29, 1.82) is 0 Å². The minimum atomic E-state index is -0.487. The number of nitrogens with zero attached hydrogens (tertiary/aromatic N) is 1. The van der Waals surface area contributed by atoms with E-state index in [0.717, 1.165) is 12.0 Å². The molecule has 1 aliphatic rings. The number of hydrogen-bond acceptors (Lipinski definition) is 5. The second-order valence-electron chi connectivity index (χ2n) is 6.67. The van der Waals surface area contributed by atoms with Crippen LogP contribution in [0.4, 0.5) is 0 Å². The number of aryl methyl sites for hydroxylation is 1. The number of halogens is 1. The Morgan fingerprint density at radius 2 is 2.07 bits per heavy atom. The molecule has 0 saturated heterocycles. The molecule has 0 unspecified atom stereocenters. The van der Waals surface area contributed by atoms with Gasteiger partial charge in [0.25, 0.3) is 5.91 Å². The number of esters is 1. The lowest BCUT2D eigenvalue weighted by Gasteiger charge is -2.13. The Morgan fingerprint density at radius 3 is 2.78 bits per heavy atom. The number of rotatable bonds is 4. The Hall–Kier alpha value is -2.60. The van der Waals surface area contributed by atoms with Gasteiger partial charge in [-0.1, -0.05) is 17.7 Å². The number of amides is 1. The molecule has 0 radical (unpaired) electrons. The van der Waals surface area contributed by atoms with E-state index >= 15 is 0 Å². The van der Waals surface area contributed by atoms with Gasteiger partial charge in [0, 0.05) is 28.1 Å². The fraction of sp³-hybridized carbons (Fsp3) is 0.350. The largest absolute Gasteiger partial charge is 0.457 e. The van der Waals surface area contributed by atoms with Crippen LogP contribution in [0, 0.1) is 6.92 Å². The molecule has 0 atom stereocenters. The highest BCUT2D eigenvalue weighted by Crippen LogP contribution is 2.30. The molecule has 27 heavy (non-hydrogen) atoms. The molecule has 0 bridgehead atoms. The van der Waals surface area contributed by atoms with E-state index in [1.807, 2.05) is 0 Å². The lowest BCUT2D eigenvalue weighted by Crippen LogP contribution is -2.22. The fourth-order valence-electron chi connectivity index (χ4n) is 3.05. The lowest BCUT2D eigenvalue weighted by molar-refractivity contribution is 0.0338. The number of carbonyl (C=O) groups excluding carboxylic acids is 2. The van der Waals surface area contributed by atoms with E-state index < -0.39 is 5.97 Å². The molecule has 0 spiro atoms. The molecule has 0 aliphatic heterocycles. The van der Waals surface area contributed by atoms with E-state index in [1.54, 1.807) is 45.0 Å². The average molecular weight is 389 g/mol. The van der Waals surface area contributed by atoms with Crippen molar-refractivity contribution < 1.29 is 18.7 Å². The first-order chi connectivity index (χ1) is 12.9. The number of benzene rings is 1.